The summed E-state index contributed by atoms with van der Waals surface area (Å²) in [5.41, 5.74) is 0.722. The van der Waals surface area contributed by atoms with E-state index >= 15 is 0 Å². The SMILES string of the molecule is O=C(Cn1cnc2sc(-c3ccccc3)cc2c1=O)N[C@@H]1CCS(=O)(=O)C1. The average Bonchev–Trinajstić information content (AvgIpc) is 3.22. The second-order valence-electron chi connectivity index (χ2n) is 6.54. The second-order valence-corrected chi connectivity index (χ2v) is 9.80. The van der Waals surface area contributed by atoms with E-state index in [0.29, 0.717) is 16.6 Å². The van der Waals surface area contributed by atoms with Crippen LogP contribution in [0.2, 0.25) is 0 Å². The van der Waals surface area contributed by atoms with E-state index in [1.54, 1.807) is 6.07 Å². The maximum absolute atomic E-state index is 12.7. The monoisotopic (exact) mass is 403 g/mol. The number of sulfone groups is 1. The number of rotatable bonds is 4. The first-order valence-corrected chi connectivity index (χ1v) is 11.1. The van der Waals surface area contributed by atoms with Gasteiger partial charge in [-0.05, 0) is 18.1 Å². The van der Waals surface area contributed by atoms with Crippen LogP contribution in [-0.4, -0.2) is 41.4 Å². The molecule has 0 radical (unpaired) electrons. The number of amides is 1. The Morgan fingerprint density at radius 1 is 1.30 bits per heavy atom. The van der Waals surface area contributed by atoms with Gasteiger partial charge in [-0.25, -0.2) is 13.4 Å². The van der Waals surface area contributed by atoms with Crippen LogP contribution in [0.5, 0.6) is 0 Å². The van der Waals surface area contributed by atoms with Crippen LogP contribution < -0.4 is 10.9 Å². The summed E-state index contributed by atoms with van der Waals surface area (Å²) in [5.74, 6) is -0.350. The minimum atomic E-state index is -3.07. The zero-order valence-corrected chi connectivity index (χ0v) is 15.9. The van der Waals surface area contributed by atoms with E-state index in [9.17, 15) is 18.0 Å². The maximum atomic E-state index is 12.7. The molecule has 0 unspecified atom stereocenters. The van der Waals surface area contributed by atoms with Gasteiger partial charge in [0.25, 0.3) is 5.56 Å². The lowest BCUT2D eigenvalue weighted by atomic mass is 10.2. The molecule has 1 atom stereocenters. The molecule has 1 aromatic carbocycles. The minimum absolute atomic E-state index is 0.0457. The lowest BCUT2D eigenvalue weighted by Crippen LogP contribution is -2.39. The van der Waals surface area contributed by atoms with Gasteiger partial charge >= 0.3 is 0 Å². The second kappa shape index (κ2) is 6.90. The zero-order chi connectivity index (χ0) is 19.0. The molecule has 1 N–H and O–H groups in total. The minimum Gasteiger partial charge on any atom is -0.351 e. The van der Waals surface area contributed by atoms with Crippen LogP contribution in [0.15, 0.2) is 47.5 Å². The standard InChI is InChI=1S/C18H17N3O4S2/c22-16(20-13-6-7-27(24,25)10-13)9-21-11-19-17-14(18(21)23)8-15(26-17)12-4-2-1-3-5-12/h1-5,8,11,13H,6-7,9-10H2,(H,20,22)/t13-/m1/s1. The Hall–Kier alpha value is -2.52. The van der Waals surface area contributed by atoms with Crippen LogP contribution >= 0.6 is 11.3 Å². The molecule has 1 aliphatic heterocycles. The van der Waals surface area contributed by atoms with E-state index in [1.807, 2.05) is 30.3 Å². The van der Waals surface area contributed by atoms with Gasteiger partial charge in [-0.3, -0.25) is 14.2 Å². The van der Waals surface area contributed by atoms with Crippen LogP contribution in [0.1, 0.15) is 6.42 Å². The van der Waals surface area contributed by atoms with E-state index in [0.717, 1.165) is 10.4 Å². The Morgan fingerprint density at radius 2 is 2.07 bits per heavy atom. The van der Waals surface area contributed by atoms with Crippen LogP contribution in [-0.2, 0) is 21.2 Å². The van der Waals surface area contributed by atoms with Gasteiger partial charge in [0.15, 0.2) is 9.84 Å². The third kappa shape index (κ3) is 3.79. The summed E-state index contributed by atoms with van der Waals surface area (Å²) < 4.78 is 24.2. The average molecular weight is 403 g/mol. The van der Waals surface area contributed by atoms with Crippen LogP contribution in [0.25, 0.3) is 20.7 Å². The molecule has 27 heavy (non-hydrogen) atoms. The quantitative estimate of drug-likeness (QED) is 0.711. The molecule has 0 saturated carbocycles. The number of hydrogen-bond acceptors (Lipinski definition) is 6. The molecule has 9 heteroatoms. The summed E-state index contributed by atoms with van der Waals surface area (Å²) in [6, 6.07) is 11.1. The van der Waals surface area contributed by atoms with Crippen molar-refractivity contribution in [2.75, 3.05) is 11.5 Å². The molecular weight excluding hydrogens is 386 g/mol. The smallest absolute Gasteiger partial charge is 0.262 e. The molecule has 7 nitrogen and oxygen atoms in total. The summed E-state index contributed by atoms with van der Waals surface area (Å²) >= 11 is 1.43. The van der Waals surface area contributed by atoms with Gasteiger partial charge in [0.1, 0.15) is 11.4 Å². The predicted octanol–water partition coefficient (Wildman–Crippen LogP) is 1.43. The van der Waals surface area contributed by atoms with Crippen LogP contribution in [0, 0.1) is 0 Å². The van der Waals surface area contributed by atoms with E-state index in [1.165, 1.54) is 22.2 Å². The van der Waals surface area contributed by atoms with Crippen LogP contribution in [0.4, 0.5) is 0 Å². The normalized spacial score (nSPS) is 18.6. The Balaban J connectivity index is 1.55. The summed E-state index contributed by atoms with van der Waals surface area (Å²) in [6.45, 7) is -0.186. The zero-order valence-electron chi connectivity index (χ0n) is 14.3. The van der Waals surface area contributed by atoms with Crippen molar-refractivity contribution in [2.45, 2.75) is 19.0 Å². The number of carbonyl (C=O) groups is 1. The molecule has 1 aliphatic rings. The lowest BCUT2D eigenvalue weighted by molar-refractivity contribution is -0.122. The molecule has 140 valence electrons. The van der Waals surface area contributed by atoms with E-state index < -0.39 is 9.84 Å². The molecule has 4 rings (SSSR count). The summed E-state index contributed by atoms with van der Waals surface area (Å²) in [5, 5.41) is 3.16. The molecule has 1 saturated heterocycles. The molecule has 3 aromatic rings. The Labute approximate surface area is 159 Å². The molecule has 1 fully saturated rings. The van der Waals surface area contributed by atoms with Crippen molar-refractivity contribution in [2.24, 2.45) is 0 Å². The first-order chi connectivity index (χ1) is 12.9. The number of fused-ring (bicyclic) bond motifs is 1. The summed E-state index contributed by atoms with van der Waals surface area (Å²) in [7, 11) is -3.07. The van der Waals surface area contributed by atoms with Gasteiger partial charge in [-0.1, -0.05) is 30.3 Å². The topological polar surface area (TPSA) is 98.1 Å². The maximum Gasteiger partial charge on any atom is 0.262 e. The Morgan fingerprint density at radius 3 is 2.78 bits per heavy atom. The fourth-order valence-electron chi connectivity index (χ4n) is 3.15. The van der Waals surface area contributed by atoms with Crippen molar-refractivity contribution in [1.29, 1.82) is 0 Å². The molecule has 1 amide bonds. The van der Waals surface area contributed by atoms with Crippen molar-refractivity contribution in [1.82, 2.24) is 14.9 Å². The number of nitrogens with zero attached hydrogens (tertiary/aromatic N) is 2. The number of hydrogen-bond donors (Lipinski definition) is 1. The molecule has 0 bridgehead atoms. The van der Waals surface area contributed by atoms with Crippen molar-refractivity contribution in [3.8, 4) is 10.4 Å². The number of carbonyl (C=O) groups excluding carboxylic acids is 1. The summed E-state index contributed by atoms with van der Waals surface area (Å²) in [6.07, 6.45) is 1.77. The van der Waals surface area contributed by atoms with E-state index in [2.05, 4.69) is 10.3 Å². The largest absolute Gasteiger partial charge is 0.351 e. The first-order valence-electron chi connectivity index (χ1n) is 8.45. The van der Waals surface area contributed by atoms with Gasteiger partial charge in [-0.2, -0.15) is 0 Å². The predicted molar refractivity (Wildman–Crippen MR) is 105 cm³/mol. The highest BCUT2D eigenvalue weighted by Gasteiger charge is 2.29. The number of thiophene rings is 1. The molecule has 0 spiro atoms. The van der Waals surface area contributed by atoms with Crippen molar-refractivity contribution in [3.63, 3.8) is 0 Å². The van der Waals surface area contributed by atoms with Crippen molar-refractivity contribution >= 4 is 37.3 Å². The lowest BCUT2D eigenvalue weighted by Gasteiger charge is -2.11. The van der Waals surface area contributed by atoms with Gasteiger partial charge in [-0.15, -0.1) is 11.3 Å². The fraction of sp³-hybridized carbons (Fsp3) is 0.278. The summed E-state index contributed by atoms with van der Waals surface area (Å²) in [4.78, 5) is 30.8. The number of nitrogens with one attached hydrogen (secondary N) is 1. The highest BCUT2D eigenvalue weighted by atomic mass is 32.2. The number of aromatic nitrogens is 2. The van der Waals surface area contributed by atoms with Gasteiger partial charge < -0.3 is 5.32 Å². The van der Waals surface area contributed by atoms with Gasteiger partial charge in [0.05, 0.1) is 23.2 Å². The molecule has 0 aliphatic carbocycles. The first kappa shape index (κ1) is 17.9. The van der Waals surface area contributed by atoms with Gasteiger partial charge in [0, 0.05) is 10.9 Å². The molecular formula is C18H17N3O4S2. The van der Waals surface area contributed by atoms with E-state index in [-0.39, 0.29) is 35.6 Å². The van der Waals surface area contributed by atoms with Gasteiger partial charge in [0.2, 0.25) is 5.91 Å². The van der Waals surface area contributed by atoms with Crippen LogP contribution in [0.3, 0.4) is 0 Å². The third-order valence-corrected chi connectivity index (χ3v) is 7.35. The molecule has 3 heterocycles. The Bertz CT molecular complexity index is 1170. The van der Waals surface area contributed by atoms with Crippen molar-refractivity contribution < 1.29 is 13.2 Å². The number of benzene rings is 1. The van der Waals surface area contributed by atoms with Crippen molar-refractivity contribution in [3.05, 3.63) is 53.1 Å². The molecule has 2 aromatic heterocycles. The highest BCUT2D eigenvalue weighted by molar-refractivity contribution is 7.91. The fourth-order valence-corrected chi connectivity index (χ4v) is 5.82. The van der Waals surface area contributed by atoms with E-state index in [4.69, 9.17) is 0 Å². The highest BCUT2D eigenvalue weighted by Crippen LogP contribution is 2.30. The third-order valence-electron chi connectivity index (χ3n) is 4.49. The Kier molecular flexibility index (Phi) is 4.56.